The van der Waals surface area contributed by atoms with Crippen LogP contribution in [0.15, 0.2) is 84.6 Å². The molecule has 0 aliphatic carbocycles. The topological polar surface area (TPSA) is 155 Å². The number of imidazole rings is 2. The molecule has 0 radical (unpaired) electrons. The Morgan fingerprint density at radius 1 is 1.00 bits per heavy atom. The van der Waals surface area contributed by atoms with Crippen LogP contribution in [-0.2, 0) is 31.9 Å². The Hall–Kier alpha value is -4.77. The number of phenols is 1. The summed E-state index contributed by atoms with van der Waals surface area (Å²) in [7, 11) is 2.58. The fourth-order valence-electron chi connectivity index (χ4n) is 4.42. The zero-order valence-corrected chi connectivity index (χ0v) is 21.6. The van der Waals surface area contributed by atoms with E-state index in [0.29, 0.717) is 22.5 Å². The Bertz CT molecular complexity index is 1370. The molecule has 0 spiro atoms. The number of ether oxygens (including phenoxy) is 2. The highest BCUT2D eigenvalue weighted by molar-refractivity contribution is 5.90. The minimum atomic E-state index is -1.65. The molecule has 3 unspecified atom stereocenters. The van der Waals surface area contributed by atoms with Gasteiger partial charge in [0.15, 0.2) is 5.54 Å². The van der Waals surface area contributed by atoms with Gasteiger partial charge in [0.1, 0.15) is 11.8 Å². The molecule has 2 aromatic heterocycles. The van der Waals surface area contributed by atoms with E-state index in [1.165, 1.54) is 39.2 Å². The second kappa shape index (κ2) is 12.7. The maximum Gasteiger partial charge on any atom is 0.336 e. The van der Waals surface area contributed by atoms with E-state index in [9.17, 15) is 14.7 Å². The third-order valence-corrected chi connectivity index (χ3v) is 6.37. The van der Waals surface area contributed by atoms with Crippen LogP contribution in [0.5, 0.6) is 5.75 Å². The van der Waals surface area contributed by atoms with E-state index in [4.69, 9.17) is 14.5 Å². The van der Waals surface area contributed by atoms with Crippen molar-refractivity contribution in [3.05, 3.63) is 102 Å². The molecule has 0 saturated carbocycles. The number of carbonyl (C=O) groups excluding carboxylic acids is 2. The summed E-state index contributed by atoms with van der Waals surface area (Å²) in [5.74, 6) is -1.19. The van der Waals surface area contributed by atoms with E-state index >= 15 is 0 Å². The molecule has 39 heavy (non-hydrogen) atoms. The molecule has 0 fully saturated rings. The molecule has 202 valence electrons. The zero-order chi connectivity index (χ0) is 27.7. The van der Waals surface area contributed by atoms with Gasteiger partial charge in [-0.2, -0.15) is 0 Å². The summed E-state index contributed by atoms with van der Waals surface area (Å²) >= 11 is 0. The Morgan fingerprint density at radius 2 is 1.67 bits per heavy atom. The van der Waals surface area contributed by atoms with Crippen LogP contribution in [0.25, 0.3) is 0 Å². The van der Waals surface area contributed by atoms with Crippen LogP contribution in [0, 0.1) is 0 Å². The van der Waals surface area contributed by atoms with E-state index < -0.39 is 29.6 Å². The first-order valence-electron chi connectivity index (χ1n) is 12.2. The molecule has 0 aliphatic rings. The smallest absolute Gasteiger partial charge is 0.336 e. The summed E-state index contributed by atoms with van der Waals surface area (Å²) in [6.45, 7) is 0. The number of methoxy groups -OCH3 is 2. The molecule has 4 N–H and O–H groups in total. The lowest BCUT2D eigenvalue weighted by Gasteiger charge is -2.37. The highest BCUT2D eigenvalue weighted by Crippen LogP contribution is 2.35. The van der Waals surface area contributed by atoms with E-state index in [2.05, 4.69) is 25.3 Å². The molecular weight excluding hydrogens is 500 g/mol. The fourth-order valence-corrected chi connectivity index (χ4v) is 4.42. The number of hydrogen-bond acceptors (Lipinski definition) is 9. The maximum atomic E-state index is 13.8. The highest BCUT2D eigenvalue weighted by atomic mass is 16.5. The van der Waals surface area contributed by atoms with E-state index in [1.807, 2.05) is 30.3 Å². The van der Waals surface area contributed by atoms with Crippen LogP contribution in [0.4, 0.5) is 0 Å². The fraction of sp³-hybridized carbons (Fsp3) is 0.250. The van der Waals surface area contributed by atoms with Crippen LogP contribution in [0.1, 0.15) is 28.6 Å². The average molecular weight is 531 g/mol. The Kier molecular flexibility index (Phi) is 8.85. The summed E-state index contributed by atoms with van der Waals surface area (Å²) < 4.78 is 10.4. The van der Waals surface area contributed by atoms with Gasteiger partial charge in [-0.3, -0.25) is 15.1 Å². The number of para-hydroxylation sites is 1. The lowest BCUT2D eigenvalue weighted by Crippen LogP contribution is -2.55. The number of nitrogens with one attached hydrogen (secondary N) is 3. The normalized spacial score (nSPS) is 14.4. The number of benzene rings is 2. The minimum absolute atomic E-state index is 0.00235. The maximum absolute atomic E-state index is 13.8. The molecule has 0 amide bonds. The zero-order valence-electron chi connectivity index (χ0n) is 21.6. The van der Waals surface area contributed by atoms with Crippen LogP contribution in [0.2, 0.25) is 0 Å². The monoisotopic (exact) mass is 530 g/mol. The summed E-state index contributed by atoms with van der Waals surface area (Å²) in [4.78, 5) is 45.8. The van der Waals surface area contributed by atoms with Gasteiger partial charge in [0, 0.05) is 48.4 Å². The molecule has 11 nitrogen and oxygen atoms in total. The predicted octanol–water partition coefficient (Wildman–Crippen LogP) is 2.53. The number of aliphatic imine (C=N–C) groups is 1. The van der Waals surface area contributed by atoms with Gasteiger partial charge in [-0.1, -0.05) is 42.5 Å². The van der Waals surface area contributed by atoms with Crippen molar-refractivity contribution in [2.24, 2.45) is 4.99 Å². The number of hydrogen-bond donors (Lipinski definition) is 4. The van der Waals surface area contributed by atoms with Crippen molar-refractivity contribution in [1.82, 2.24) is 25.3 Å². The molecular formula is C28H30N6O5. The third-order valence-electron chi connectivity index (χ3n) is 6.37. The highest BCUT2D eigenvalue weighted by Gasteiger charge is 2.49. The minimum Gasteiger partial charge on any atom is -0.507 e. The largest absolute Gasteiger partial charge is 0.507 e. The molecule has 0 bridgehead atoms. The summed E-state index contributed by atoms with van der Waals surface area (Å²) in [5, 5.41) is 13.7. The summed E-state index contributed by atoms with van der Waals surface area (Å²) in [6.07, 6.45) is 7.91. The van der Waals surface area contributed by atoms with Crippen molar-refractivity contribution < 1.29 is 24.2 Å². The van der Waals surface area contributed by atoms with E-state index in [0.717, 1.165) is 0 Å². The number of aromatic amines is 2. The molecule has 0 aliphatic heterocycles. The number of aromatic nitrogens is 4. The van der Waals surface area contributed by atoms with E-state index in [1.54, 1.807) is 30.6 Å². The van der Waals surface area contributed by atoms with Gasteiger partial charge >= 0.3 is 11.9 Å². The van der Waals surface area contributed by atoms with Gasteiger partial charge in [0.25, 0.3) is 0 Å². The SMILES string of the molecule is COC(=O)C(Cc1cnc[nH]1)NC(c1ccccc1)C(Cc1cnc[nH]1)(N=Cc1ccccc1O)C(=O)OC. The van der Waals surface area contributed by atoms with Crippen molar-refractivity contribution in [2.75, 3.05) is 14.2 Å². The van der Waals surface area contributed by atoms with E-state index in [-0.39, 0.29) is 18.6 Å². The van der Waals surface area contributed by atoms with Crippen molar-refractivity contribution >= 4 is 18.2 Å². The number of H-pyrrole nitrogens is 2. The number of nitrogens with zero attached hydrogens (tertiary/aromatic N) is 3. The van der Waals surface area contributed by atoms with Gasteiger partial charge in [0.05, 0.1) is 32.9 Å². The Balaban J connectivity index is 1.89. The second-order valence-corrected chi connectivity index (χ2v) is 8.85. The van der Waals surface area contributed by atoms with Gasteiger partial charge in [-0.05, 0) is 17.7 Å². The third kappa shape index (κ3) is 6.39. The average Bonchev–Trinajstić information content (AvgIpc) is 3.68. The van der Waals surface area contributed by atoms with Gasteiger partial charge in [-0.15, -0.1) is 0 Å². The quantitative estimate of drug-likeness (QED) is 0.161. The first-order valence-corrected chi connectivity index (χ1v) is 12.2. The molecule has 2 heterocycles. The van der Waals surface area contributed by atoms with Crippen LogP contribution in [0.3, 0.4) is 0 Å². The second-order valence-electron chi connectivity index (χ2n) is 8.85. The molecule has 4 aromatic rings. The van der Waals surface area contributed by atoms with Gasteiger partial charge in [-0.25, -0.2) is 14.8 Å². The van der Waals surface area contributed by atoms with Crippen molar-refractivity contribution in [3.8, 4) is 5.75 Å². The number of rotatable bonds is 12. The van der Waals surface area contributed by atoms with Crippen molar-refractivity contribution in [2.45, 2.75) is 30.5 Å². The molecule has 11 heteroatoms. The van der Waals surface area contributed by atoms with Gasteiger partial charge < -0.3 is 24.5 Å². The van der Waals surface area contributed by atoms with Gasteiger partial charge in [0.2, 0.25) is 0 Å². The first-order chi connectivity index (χ1) is 19.0. The standard InChI is InChI=1S/C28H30N6O5/c1-38-26(36)23(12-21-15-29-17-31-21)34-25(19-8-4-3-5-9-19)28(27(37)39-2,13-22-16-30-18-32-22)33-14-20-10-6-7-11-24(20)35/h3-11,14-18,23,25,34-35H,12-13H2,1-2H3,(H,29,31)(H,30,32). The summed E-state index contributed by atoms with van der Waals surface area (Å²) in [6, 6.07) is 14.1. The van der Waals surface area contributed by atoms with Crippen molar-refractivity contribution in [3.63, 3.8) is 0 Å². The predicted molar refractivity (Wildman–Crippen MR) is 143 cm³/mol. The lowest BCUT2D eigenvalue weighted by atomic mass is 9.81. The summed E-state index contributed by atoms with van der Waals surface area (Å²) in [5.41, 5.74) is 0.741. The lowest BCUT2D eigenvalue weighted by molar-refractivity contribution is -0.150. The van der Waals surface area contributed by atoms with Crippen LogP contribution >= 0.6 is 0 Å². The molecule has 2 aromatic carbocycles. The first kappa shape index (κ1) is 27.3. The Labute approximate surface area is 225 Å². The molecule has 3 atom stereocenters. The number of esters is 2. The molecule has 4 rings (SSSR count). The number of carbonyl (C=O) groups is 2. The Morgan fingerprint density at radius 3 is 2.28 bits per heavy atom. The van der Waals surface area contributed by atoms with Crippen LogP contribution in [-0.4, -0.2) is 69.0 Å². The van der Waals surface area contributed by atoms with Crippen LogP contribution < -0.4 is 5.32 Å². The number of phenolic OH excluding ortho intramolecular Hbond substituents is 1. The molecule has 0 saturated heterocycles. The number of aromatic hydroxyl groups is 1. The van der Waals surface area contributed by atoms with Crippen molar-refractivity contribution in [1.29, 1.82) is 0 Å².